The van der Waals surface area contributed by atoms with E-state index in [0.717, 1.165) is 0 Å². The molecule has 0 amide bonds. The molecule has 0 aliphatic heterocycles. The zero-order chi connectivity index (χ0) is 4.50. The van der Waals surface area contributed by atoms with Gasteiger partial charge in [0.2, 0.25) is 0 Å². The topological polar surface area (TPSA) is 0 Å². The quantitative estimate of drug-likeness (QED) is 0.467. The number of hydrogen-bond donors (Lipinski definition) is 0. The van der Waals surface area contributed by atoms with E-state index in [-0.39, 0.29) is 48.9 Å². The van der Waals surface area contributed by atoms with E-state index in [1.165, 1.54) is 0 Å². The molecule has 0 aliphatic rings. The molecule has 0 nitrogen and oxygen atoms in total. The zero-order valence-electron chi connectivity index (χ0n) is 2.72. The van der Waals surface area contributed by atoms with Crippen LogP contribution in [0, 0.1) is 0 Å². The summed E-state index contributed by atoms with van der Waals surface area (Å²) < 4.78 is 39.6. The molecule has 0 saturated heterocycles. The fourth-order valence-electron chi connectivity index (χ4n) is 0. The van der Waals surface area contributed by atoms with Gasteiger partial charge in [0.25, 0.3) is 0 Å². The summed E-state index contributed by atoms with van der Waals surface area (Å²) in [6, 6.07) is 0. The first-order valence-electron chi connectivity index (χ1n) is 0.756. The summed E-state index contributed by atoms with van der Waals surface area (Å²) in [5.41, 5.74) is 0. The van der Waals surface area contributed by atoms with Crippen molar-refractivity contribution in [1.29, 1.82) is 0 Å². The normalized spacial score (nSPS) is 12.7. The summed E-state index contributed by atoms with van der Waals surface area (Å²) in [4.78, 5) is 0. The van der Waals surface area contributed by atoms with Crippen LogP contribution >= 0.6 is 0 Å². The Labute approximate surface area is 80.3 Å². The minimum atomic E-state index is -7.18. The predicted octanol–water partition coefficient (Wildman–Crippen LogP) is 1.30. The van der Waals surface area contributed by atoms with Gasteiger partial charge in [0, 0.05) is 0 Å². The molecule has 0 saturated carbocycles. The Kier molecular flexibility index (Phi) is 7.53. The Hall–Kier alpha value is 2.17. The Bertz CT molecular complexity index is 23.0. The summed E-state index contributed by atoms with van der Waals surface area (Å²) in [5.74, 6) is 0. The maximum absolute atomic E-state index is 9.90. The van der Waals surface area contributed by atoms with Crippen molar-refractivity contribution in [3.05, 3.63) is 0 Å². The molecule has 0 fully saturated rings. The molecule has 0 aromatic heterocycles. The molecule has 0 atom stereocenters. The molecule has 6 heavy (non-hydrogen) atoms. The Morgan fingerprint density at radius 1 is 0.833 bits per heavy atom. The molecule has 0 bridgehead atoms. The molecule has 0 radical (unpaired) electrons. The van der Waals surface area contributed by atoms with E-state index in [4.69, 9.17) is 0 Å². The van der Waals surface area contributed by atoms with Gasteiger partial charge in [-0.1, -0.05) is 0 Å². The van der Waals surface area contributed by atoms with Gasteiger partial charge in [-0.3, -0.25) is 0 Å². The van der Waals surface area contributed by atoms with E-state index in [1.54, 1.807) is 0 Å². The van der Waals surface area contributed by atoms with Crippen LogP contribution in [0.15, 0.2) is 0 Å². The van der Waals surface area contributed by atoms with Crippen LogP contribution in [-0.4, -0.2) is 48.9 Å². The number of halogens is 4. The van der Waals surface area contributed by atoms with E-state index in [9.17, 15) is 10.5 Å². The van der Waals surface area contributed by atoms with E-state index in [1.807, 2.05) is 0 Å². The summed E-state index contributed by atoms with van der Waals surface area (Å²) in [6.45, 7) is 0. The monoisotopic (exact) mass is 304 g/mol. The molecule has 0 heterocycles. The predicted molar refractivity (Wildman–Crippen MR) is 10.2 cm³/mol. The van der Waals surface area contributed by atoms with Crippen LogP contribution in [0.1, 0.15) is 0 Å². The van der Waals surface area contributed by atoms with Gasteiger partial charge in [-0.25, -0.2) is 0 Å². The van der Waals surface area contributed by atoms with Gasteiger partial charge >= 0.3 is 82.1 Å². The van der Waals surface area contributed by atoms with Gasteiger partial charge in [0.15, 0.2) is 0 Å². The number of rotatable bonds is 0. The second-order valence-electron chi connectivity index (χ2n) is 0.429. The van der Waals surface area contributed by atoms with Crippen LogP contribution in [0.4, 0.5) is 10.5 Å². The Morgan fingerprint density at radius 3 is 0.833 bits per heavy atom. The molecule has 0 aromatic carbocycles. The first-order valence-corrected chi connectivity index (χ1v) is 4.47. The van der Waals surface area contributed by atoms with Crippen LogP contribution in [0.25, 0.3) is 0 Å². The minimum absolute atomic E-state index is 0. The van der Waals surface area contributed by atoms with Crippen molar-refractivity contribution in [2.45, 2.75) is 0 Å². The summed E-state index contributed by atoms with van der Waals surface area (Å²) in [5, 5.41) is 0. The molecular weight excluding hydrogens is 305 g/mol. The molecule has 0 spiro atoms. The van der Waals surface area contributed by atoms with Gasteiger partial charge in [-0.15, -0.1) is 0 Å². The molecular formula is BaF4Zr. The second-order valence-corrected chi connectivity index (χ2v) is 2.54. The van der Waals surface area contributed by atoms with Crippen molar-refractivity contribution in [1.82, 2.24) is 0 Å². The van der Waals surface area contributed by atoms with Crippen molar-refractivity contribution in [2.24, 2.45) is 0 Å². The molecule has 0 N–H and O–H groups in total. The van der Waals surface area contributed by atoms with Crippen LogP contribution < -0.4 is 0 Å². The van der Waals surface area contributed by atoms with Gasteiger partial charge < -0.3 is 0 Å². The summed E-state index contributed by atoms with van der Waals surface area (Å²) in [7, 11) is 0. The summed E-state index contributed by atoms with van der Waals surface area (Å²) >= 11 is -7.18. The van der Waals surface area contributed by atoms with Gasteiger partial charge in [0.05, 0.1) is 0 Å². The first kappa shape index (κ1) is 11.0. The Morgan fingerprint density at radius 2 is 0.833 bits per heavy atom. The SMILES string of the molecule is [Ba+2].[F][Zr-2]([F])([F])[F]. The molecule has 34 valence electrons. The van der Waals surface area contributed by atoms with Gasteiger partial charge in [0.1, 0.15) is 0 Å². The van der Waals surface area contributed by atoms with Crippen molar-refractivity contribution in [3.63, 3.8) is 0 Å². The van der Waals surface area contributed by atoms with Crippen LogP contribution in [-0.2, 0) is 22.7 Å². The van der Waals surface area contributed by atoms with E-state index >= 15 is 0 Å². The van der Waals surface area contributed by atoms with Crippen LogP contribution in [0.3, 0.4) is 0 Å². The third-order valence-corrected chi connectivity index (χ3v) is 0. The third kappa shape index (κ3) is 35.0. The molecule has 0 aromatic rings. The Balaban J connectivity index is 0. The van der Waals surface area contributed by atoms with E-state index < -0.39 is 22.7 Å². The van der Waals surface area contributed by atoms with Crippen LogP contribution in [0.5, 0.6) is 0 Å². The molecule has 0 rings (SSSR count). The van der Waals surface area contributed by atoms with Crippen molar-refractivity contribution in [3.8, 4) is 0 Å². The zero-order valence-corrected chi connectivity index (χ0v) is 9.62. The first-order chi connectivity index (χ1) is 2.00. The molecule has 0 aliphatic carbocycles. The van der Waals surface area contributed by atoms with E-state index in [0.29, 0.717) is 0 Å². The standard InChI is InChI=1S/Ba.4FH.Zr/h;4*1H;/q+2;;;;;+2/p-4. The third-order valence-electron chi connectivity index (χ3n) is 0. The average Bonchev–Trinajstić information content (AvgIpc) is 0.722. The van der Waals surface area contributed by atoms with Crippen LogP contribution in [0.2, 0.25) is 0 Å². The number of hydrogen-bond acceptors (Lipinski definition) is 0. The van der Waals surface area contributed by atoms with Crippen molar-refractivity contribution >= 4 is 48.9 Å². The van der Waals surface area contributed by atoms with Crippen molar-refractivity contribution in [2.75, 3.05) is 0 Å². The van der Waals surface area contributed by atoms with Gasteiger partial charge in [-0.2, -0.15) is 0 Å². The van der Waals surface area contributed by atoms with Gasteiger partial charge in [-0.05, 0) is 0 Å². The average molecular weight is 305 g/mol. The fraction of sp³-hybridized carbons (Fsp3) is 0. The molecule has 0 unspecified atom stereocenters. The van der Waals surface area contributed by atoms with E-state index in [2.05, 4.69) is 0 Å². The second kappa shape index (κ2) is 4.09. The maximum atomic E-state index is 9.90. The molecule has 6 heteroatoms. The van der Waals surface area contributed by atoms with Crippen molar-refractivity contribution < 1.29 is 33.2 Å². The fourth-order valence-corrected chi connectivity index (χ4v) is 0. The summed E-state index contributed by atoms with van der Waals surface area (Å²) in [6.07, 6.45) is 0.